The summed E-state index contributed by atoms with van der Waals surface area (Å²) in [6, 6.07) is 17.4. The third-order valence-electron chi connectivity index (χ3n) is 4.44. The van der Waals surface area contributed by atoms with Gasteiger partial charge in [0, 0.05) is 20.1 Å². The Hall–Kier alpha value is -1.94. The zero-order valence-corrected chi connectivity index (χ0v) is 19.3. The van der Waals surface area contributed by atoms with Gasteiger partial charge >= 0.3 is 0 Å². The van der Waals surface area contributed by atoms with Crippen molar-refractivity contribution in [2.45, 2.75) is 13.8 Å². The van der Waals surface area contributed by atoms with Crippen molar-refractivity contribution in [3.8, 4) is 0 Å². The average Bonchev–Trinajstić information content (AvgIpc) is 2.67. The van der Waals surface area contributed by atoms with Gasteiger partial charge in [-0.2, -0.15) is 0 Å². The predicted octanol–water partition coefficient (Wildman–Crippen LogP) is 6.35. The molecule has 141 valence electrons. The average molecular weight is 519 g/mol. The Morgan fingerprint density at radius 2 is 1.29 bits per heavy atom. The van der Waals surface area contributed by atoms with Crippen molar-refractivity contribution in [2.24, 2.45) is 0 Å². The number of carbonyl (C=O) groups excluding carboxylic acids is 2. The molecule has 28 heavy (non-hydrogen) atoms. The number of carbonyl (C=O) groups is 2. The van der Waals surface area contributed by atoms with Crippen LogP contribution >= 0.6 is 39.7 Å². The second kappa shape index (κ2) is 8.60. The molecule has 0 bridgehead atoms. The van der Waals surface area contributed by atoms with E-state index in [1.165, 1.54) is 0 Å². The van der Waals surface area contributed by atoms with E-state index in [9.17, 15) is 14.2 Å². The van der Waals surface area contributed by atoms with Crippen molar-refractivity contribution in [1.82, 2.24) is 0 Å². The first-order valence-corrected chi connectivity index (χ1v) is 11.3. The molecule has 0 aliphatic heterocycles. The molecule has 1 atom stereocenters. The number of benzene rings is 3. The Kier molecular flexibility index (Phi) is 6.39. The quantitative estimate of drug-likeness (QED) is 0.292. The Morgan fingerprint density at radius 3 is 1.89 bits per heavy atom. The summed E-state index contributed by atoms with van der Waals surface area (Å²) in [7, 11) is -2.45. The number of hydrogen-bond acceptors (Lipinski definition) is 3. The molecule has 0 aliphatic rings. The summed E-state index contributed by atoms with van der Waals surface area (Å²) in [5, 5.41) is 0.248. The Labute approximate surface area is 181 Å². The van der Waals surface area contributed by atoms with Crippen LogP contribution in [0.3, 0.4) is 0 Å². The van der Waals surface area contributed by atoms with E-state index in [1.807, 2.05) is 38.1 Å². The van der Waals surface area contributed by atoms with Crippen molar-refractivity contribution in [2.75, 3.05) is 0 Å². The van der Waals surface area contributed by atoms with Gasteiger partial charge in [0.05, 0.1) is 10.9 Å². The molecular weight excluding hydrogens is 503 g/mol. The zero-order chi connectivity index (χ0) is 20.4. The number of hydrogen-bond donors (Lipinski definition) is 0. The first-order valence-electron chi connectivity index (χ1n) is 8.48. The van der Waals surface area contributed by atoms with Gasteiger partial charge in [-0.05, 0) is 81.1 Å². The van der Waals surface area contributed by atoms with E-state index >= 15 is 0 Å². The lowest BCUT2D eigenvalue weighted by atomic mass is 10.0. The number of rotatable bonds is 5. The lowest BCUT2D eigenvalue weighted by Gasteiger charge is -2.12. The van der Waals surface area contributed by atoms with Gasteiger partial charge in [-0.1, -0.05) is 36.4 Å². The van der Waals surface area contributed by atoms with Crippen LogP contribution < -0.4 is 5.30 Å². The molecule has 3 aromatic carbocycles. The molecule has 0 amide bonds. The summed E-state index contributed by atoms with van der Waals surface area (Å²) in [6.07, 6.45) is 0. The van der Waals surface area contributed by atoms with Crippen LogP contribution in [0.25, 0.3) is 0 Å². The Morgan fingerprint density at radius 1 is 0.750 bits per heavy atom. The smallest absolute Gasteiger partial charge is 0.247 e. The first kappa shape index (κ1) is 20.8. The van der Waals surface area contributed by atoms with Crippen molar-refractivity contribution >= 4 is 56.3 Å². The molecule has 0 saturated heterocycles. The van der Waals surface area contributed by atoms with Gasteiger partial charge in [-0.3, -0.25) is 14.2 Å². The van der Waals surface area contributed by atoms with Gasteiger partial charge in [-0.15, -0.1) is 0 Å². The summed E-state index contributed by atoms with van der Waals surface area (Å²) in [5.74, 6) is -0.299. The third-order valence-corrected chi connectivity index (χ3v) is 7.18. The molecule has 0 N–H and O–H groups in total. The molecule has 0 heterocycles. The minimum Gasteiger partial charge on any atom is -0.288 e. The summed E-state index contributed by atoms with van der Waals surface area (Å²) < 4.78 is 14.4. The highest BCUT2D eigenvalue weighted by Gasteiger charge is 2.26. The normalized spacial score (nSPS) is 11.2. The molecule has 3 aromatic rings. The molecule has 3 nitrogen and oxygen atoms in total. The molecule has 6 heteroatoms. The molecular formula is C22H16Br2O3P. The largest absolute Gasteiger partial charge is 0.288 e. The molecule has 1 unspecified atom stereocenters. The second-order valence-corrected chi connectivity index (χ2v) is 9.49. The van der Waals surface area contributed by atoms with Gasteiger partial charge in [0.2, 0.25) is 5.52 Å². The fraction of sp³-hybridized carbons (Fsp3) is 0.0909. The summed E-state index contributed by atoms with van der Waals surface area (Å²) >= 11 is 6.80. The lowest BCUT2D eigenvalue weighted by Crippen LogP contribution is -2.17. The lowest BCUT2D eigenvalue weighted by molar-refractivity contribution is 0.103. The van der Waals surface area contributed by atoms with Gasteiger partial charge in [-0.25, -0.2) is 0 Å². The topological polar surface area (TPSA) is 51.2 Å². The van der Waals surface area contributed by atoms with E-state index < -0.39 is 13.3 Å². The van der Waals surface area contributed by atoms with E-state index in [4.69, 9.17) is 0 Å². The zero-order valence-electron chi connectivity index (χ0n) is 15.2. The molecule has 0 fully saturated rings. The SMILES string of the molecule is Cc1cccc(C)c1C(=O)[P](=O)c1ccccc1C(=O)c1c(Br)cccc1Br. The highest BCUT2D eigenvalue weighted by Crippen LogP contribution is 2.33. The van der Waals surface area contributed by atoms with Crippen LogP contribution in [0.2, 0.25) is 0 Å². The van der Waals surface area contributed by atoms with Crippen molar-refractivity contribution < 1.29 is 14.2 Å². The number of aryl methyl sites for hydroxylation is 2. The van der Waals surface area contributed by atoms with E-state index in [0.29, 0.717) is 20.1 Å². The first-order chi connectivity index (χ1) is 13.3. The summed E-state index contributed by atoms with van der Waals surface area (Å²) in [4.78, 5) is 26.2. The van der Waals surface area contributed by atoms with E-state index in [2.05, 4.69) is 31.9 Å². The highest BCUT2D eigenvalue weighted by molar-refractivity contribution is 9.11. The van der Waals surface area contributed by atoms with Crippen molar-refractivity contribution in [3.63, 3.8) is 0 Å². The Balaban J connectivity index is 2.09. The highest BCUT2D eigenvalue weighted by atomic mass is 79.9. The van der Waals surface area contributed by atoms with Gasteiger partial charge in [0.15, 0.2) is 13.6 Å². The summed E-state index contributed by atoms with van der Waals surface area (Å²) in [5.41, 5.74) is 2.22. The van der Waals surface area contributed by atoms with Gasteiger partial charge in [0.1, 0.15) is 0 Å². The fourth-order valence-electron chi connectivity index (χ4n) is 3.05. The van der Waals surface area contributed by atoms with Crippen LogP contribution in [0.1, 0.15) is 37.4 Å². The van der Waals surface area contributed by atoms with Gasteiger partial charge in [0.25, 0.3) is 0 Å². The molecule has 0 saturated carbocycles. The molecule has 0 aliphatic carbocycles. The maximum atomic E-state index is 13.2. The van der Waals surface area contributed by atoms with Crippen LogP contribution in [-0.4, -0.2) is 11.3 Å². The standard InChI is InChI=1S/C22H16Br2O3P/c1-13-7-5-8-14(2)19(13)22(26)28(27)18-12-4-3-9-15(18)21(25)20-16(23)10-6-11-17(20)24/h3-12H,1-2H3. The van der Waals surface area contributed by atoms with Crippen LogP contribution in [-0.2, 0) is 4.57 Å². The van der Waals surface area contributed by atoms with Crippen molar-refractivity contribution in [3.05, 3.63) is 97.4 Å². The maximum Gasteiger partial charge on any atom is 0.247 e. The third kappa shape index (κ3) is 3.93. The second-order valence-electron chi connectivity index (χ2n) is 6.31. The van der Waals surface area contributed by atoms with Crippen molar-refractivity contribution in [1.29, 1.82) is 0 Å². The molecule has 3 rings (SSSR count). The van der Waals surface area contributed by atoms with Gasteiger partial charge < -0.3 is 0 Å². The van der Waals surface area contributed by atoms with Crippen LogP contribution in [0, 0.1) is 13.8 Å². The molecule has 0 aromatic heterocycles. The Bertz CT molecular complexity index is 1080. The number of ketones is 1. The summed E-state index contributed by atoms with van der Waals surface area (Å²) in [6.45, 7) is 3.64. The van der Waals surface area contributed by atoms with Crippen LogP contribution in [0.4, 0.5) is 0 Å². The van der Waals surface area contributed by atoms with E-state index in [-0.39, 0.29) is 16.7 Å². The monoisotopic (exact) mass is 517 g/mol. The fourth-order valence-corrected chi connectivity index (χ4v) is 5.80. The minimum absolute atomic E-state index is 0.248. The molecule has 0 spiro atoms. The number of halogens is 2. The molecule has 1 radical (unpaired) electrons. The van der Waals surface area contributed by atoms with Crippen LogP contribution in [0.15, 0.2) is 69.6 Å². The predicted molar refractivity (Wildman–Crippen MR) is 119 cm³/mol. The van der Waals surface area contributed by atoms with E-state index in [1.54, 1.807) is 36.4 Å². The van der Waals surface area contributed by atoms with E-state index in [0.717, 1.165) is 11.1 Å². The maximum absolute atomic E-state index is 13.2. The van der Waals surface area contributed by atoms with Crippen LogP contribution in [0.5, 0.6) is 0 Å². The minimum atomic E-state index is -2.45.